The molecular formula is C25H23Cl2FN4O4. The number of hydrogen-bond acceptors (Lipinski definition) is 7. The van der Waals surface area contributed by atoms with Gasteiger partial charge < -0.3 is 24.8 Å². The van der Waals surface area contributed by atoms with Gasteiger partial charge >= 0.3 is 0 Å². The molecule has 2 N–H and O–H groups in total. The van der Waals surface area contributed by atoms with E-state index in [1.54, 1.807) is 17.0 Å². The van der Waals surface area contributed by atoms with Gasteiger partial charge in [-0.05, 0) is 30.7 Å². The van der Waals surface area contributed by atoms with E-state index < -0.39 is 5.82 Å². The first-order valence-corrected chi connectivity index (χ1v) is 12.2. The van der Waals surface area contributed by atoms with Gasteiger partial charge in [-0.15, -0.1) is 0 Å². The Kier molecular flexibility index (Phi) is 6.87. The summed E-state index contributed by atoms with van der Waals surface area (Å²) in [6, 6.07) is 6.39. The monoisotopic (exact) mass is 532 g/mol. The van der Waals surface area contributed by atoms with Crippen LogP contribution in [0.1, 0.15) is 6.42 Å². The molecule has 1 saturated carbocycles. The Bertz CT molecular complexity index is 1330. The highest BCUT2D eigenvalue weighted by Gasteiger charge is 2.49. The van der Waals surface area contributed by atoms with Crippen molar-refractivity contribution in [1.29, 1.82) is 0 Å². The van der Waals surface area contributed by atoms with Crippen molar-refractivity contribution >= 4 is 51.5 Å². The summed E-state index contributed by atoms with van der Waals surface area (Å²) >= 11 is 11.9. The fourth-order valence-corrected chi connectivity index (χ4v) is 5.08. The topological polar surface area (TPSA) is 96.8 Å². The number of halogens is 3. The molecule has 6 rings (SSSR count). The van der Waals surface area contributed by atoms with E-state index >= 15 is 0 Å². The van der Waals surface area contributed by atoms with E-state index in [1.807, 2.05) is 0 Å². The van der Waals surface area contributed by atoms with Crippen LogP contribution < -0.4 is 14.8 Å². The van der Waals surface area contributed by atoms with Gasteiger partial charge in [0.25, 0.3) is 0 Å². The van der Waals surface area contributed by atoms with Crippen LogP contribution in [0.15, 0.2) is 43.2 Å². The van der Waals surface area contributed by atoms with E-state index in [2.05, 4.69) is 21.9 Å². The van der Waals surface area contributed by atoms with Gasteiger partial charge in [0.1, 0.15) is 24.9 Å². The molecule has 1 aromatic heterocycles. The molecule has 3 atom stereocenters. The Labute approximate surface area is 216 Å². The van der Waals surface area contributed by atoms with E-state index in [-0.39, 0.29) is 52.8 Å². The van der Waals surface area contributed by atoms with Crippen molar-refractivity contribution < 1.29 is 23.8 Å². The lowest BCUT2D eigenvalue weighted by molar-refractivity contribution is -0.142. The molecule has 0 spiro atoms. The molecule has 8 nitrogen and oxygen atoms in total. The molecule has 1 amide bonds. The number of anilines is 2. The number of piperidine rings is 2. The van der Waals surface area contributed by atoms with E-state index in [4.69, 9.17) is 32.7 Å². The number of carbonyl (C=O) groups is 1. The number of rotatable bonds is 8. The van der Waals surface area contributed by atoms with Crippen LogP contribution in [0.2, 0.25) is 10.0 Å². The minimum atomic E-state index is -0.698. The maximum absolute atomic E-state index is 14.7. The number of nitrogens with zero attached hydrogens (tertiary/aromatic N) is 3. The van der Waals surface area contributed by atoms with Crippen LogP contribution >= 0.6 is 23.2 Å². The molecule has 2 aromatic carbocycles. The SMILES string of the molecule is C=CC(=O)N1C[C@H]2C[C@@H](C1)[C@H]2Oc1cc2c(Nc3ccc(Cl)c(Cl)c3F)ncnc2cc1OCCO. The Morgan fingerprint density at radius 1 is 1.25 bits per heavy atom. The molecule has 3 aliphatic rings. The standard InChI is InChI=1S/C25H23Cl2FN4O4/c1-2-21(34)32-10-13-7-14(11-32)24(13)36-20-8-15-18(9-19(20)35-6-5-33)29-12-30-25(15)31-17-4-3-16(26)22(27)23(17)28/h2-4,8-9,12-14,24,33H,1,5-7,10-11H2,(H,29,30,31)/t13-,14+,24+. The highest BCUT2D eigenvalue weighted by molar-refractivity contribution is 6.42. The second kappa shape index (κ2) is 10.1. The lowest BCUT2D eigenvalue weighted by atomic mass is 9.68. The maximum atomic E-state index is 14.7. The van der Waals surface area contributed by atoms with Crippen molar-refractivity contribution in [3.8, 4) is 11.5 Å². The predicted octanol–water partition coefficient (Wildman–Crippen LogP) is 4.60. The van der Waals surface area contributed by atoms with Gasteiger partial charge in [0, 0.05) is 36.4 Å². The maximum Gasteiger partial charge on any atom is 0.245 e. The molecule has 36 heavy (non-hydrogen) atoms. The Hall–Kier alpha value is -3.14. The minimum Gasteiger partial charge on any atom is -0.487 e. The van der Waals surface area contributed by atoms with Gasteiger partial charge in [-0.3, -0.25) is 4.79 Å². The smallest absolute Gasteiger partial charge is 0.245 e. The highest BCUT2D eigenvalue weighted by Crippen LogP contribution is 2.45. The quantitative estimate of drug-likeness (QED) is 0.323. The zero-order valence-electron chi connectivity index (χ0n) is 19.1. The van der Waals surface area contributed by atoms with Crippen molar-refractivity contribution in [3.63, 3.8) is 0 Å². The van der Waals surface area contributed by atoms with Crippen LogP contribution in [0.5, 0.6) is 11.5 Å². The van der Waals surface area contributed by atoms with Gasteiger partial charge in [-0.1, -0.05) is 29.8 Å². The number of aromatic nitrogens is 2. The molecule has 188 valence electrons. The van der Waals surface area contributed by atoms with Crippen LogP contribution in [0.4, 0.5) is 15.9 Å². The number of nitrogens with one attached hydrogen (secondary N) is 1. The Balaban J connectivity index is 1.47. The lowest BCUT2D eigenvalue weighted by Gasteiger charge is -2.52. The van der Waals surface area contributed by atoms with Crippen molar-refractivity contribution in [2.75, 3.05) is 31.6 Å². The average molecular weight is 533 g/mol. The van der Waals surface area contributed by atoms with Crippen molar-refractivity contribution in [3.05, 3.63) is 59.1 Å². The van der Waals surface area contributed by atoms with E-state index in [1.165, 1.54) is 24.5 Å². The van der Waals surface area contributed by atoms with Gasteiger partial charge in [0.15, 0.2) is 17.3 Å². The first kappa shape index (κ1) is 24.5. The Morgan fingerprint density at radius 3 is 2.75 bits per heavy atom. The Morgan fingerprint density at radius 2 is 2.03 bits per heavy atom. The van der Waals surface area contributed by atoms with Crippen LogP contribution in [0, 0.1) is 17.7 Å². The molecule has 3 fully saturated rings. The second-order valence-electron chi connectivity index (χ2n) is 8.74. The predicted molar refractivity (Wildman–Crippen MR) is 135 cm³/mol. The van der Waals surface area contributed by atoms with Gasteiger partial charge in [0.2, 0.25) is 5.91 Å². The first-order valence-electron chi connectivity index (χ1n) is 11.4. The van der Waals surface area contributed by atoms with Crippen LogP contribution in [-0.4, -0.2) is 58.3 Å². The van der Waals surface area contributed by atoms with Gasteiger partial charge in [-0.2, -0.15) is 0 Å². The second-order valence-corrected chi connectivity index (χ2v) is 9.53. The number of aliphatic hydroxyl groups excluding tert-OH is 1. The molecule has 2 aliphatic heterocycles. The van der Waals surface area contributed by atoms with E-state index in [0.717, 1.165) is 6.42 Å². The first-order chi connectivity index (χ1) is 17.4. The zero-order valence-corrected chi connectivity index (χ0v) is 20.6. The fourth-order valence-electron chi connectivity index (χ4n) is 4.77. The van der Waals surface area contributed by atoms with Crippen LogP contribution in [0.3, 0.4) is 0 Å². The molecule has 3 heterocycles. The fraction of sp³-hybridized carbons (Fsp3) is 0.320. The number of ether oxygens (including phenoxy) is 2. The summed E-state index contributed by atoms with van der Waals surface area (Å²) in [7, 11) is 0. The molecule has 3 aromatic rings. The third-order valence-electron chi connectivity index (χ3n) is 6.53. The van der Waals surface area contributed by atoms with Crippen molar-refractivity contribution in [2.45, 2.75) is 12.5 Å². The molecule has 0 radical (unpaired) electrons. The number of aliphatic hydroxyl groups is 1. The highest BCUT2D eigenvalue weighted by atomic mass is 35.5. The number of amides is 1. The normalized spacial score (nSPS) is 20.6. The molecule has 1 aliphatic carbocycles. The lowest BCUT2D eigenvalue weighted by Crippen LogP contribution is -2.61. The van der Waals surface area contributed by atoms with Crippen LogP contribution in [0.25, 0.3) is 10.9 Å². The van der Waals surface area contributed by atoms with E-state index in [9.17, 15) is 14.3 Å². The van der Waals surface area contributed by atoms with Crippen molar-refractivity contribution in [2.24, 2.45) is 11.8 Å². The van der Waals surface area contributed by atoms with Gasteiger partial charge in [0.05, 0.1) is 27.9 Å². The summed E-state index contributed by atoms with van der Waals surface area (Å²) in [6.07, 6.45) is 3.55. The number of benzene rings is 2. The largest absolute Gasteiger partial charge is 0.487 e. The van der Waals surface area contributed by atoms with Crippen LogP contribution in [-0.2, 0) is 4.79 Å². The summed E-state index contributed by atoms with van der Waals surface area (Å²) in [4.78, 5) is 22.4. The van der Waals surface area contributed by atoms with Crippen molar-refractivity contribution in [1.82, 2.24) is 14.9 Å². The summed E-state index contributed by atoms with van der Waals surface area (Å²) in [6.45, 7) is 4.67. The number of fused-ring (bicyclic) bond motifs is 3. The summed E-state index contributed by atoms with van der Waals surface area (Å²) < 4.78 is 26.8. The third-order valence-corrected chi connectivity index (χ3v) is 7.31. The summed E-state index contributed by atoms with van der Waals surface area (Å²) in [5, 5.41) is 12.7. The number of carbonyl (C=O) groups excluding carboxylic acids is 1. The molecule has 2 saturated heterocycles. The minimum absolute atomic E-state index is 0.0751. The number of hydrogen-bond donors (Lipinski definition) is 2. The molecule has 11 heteroatoms. The summed E-state index contributed by atoms with van der Waals surface area (Å²) in [5.74, 6) is 0.803. The third kappa shape index (κ3) is 4.54. The zero-order chi connectivity index (χ0) is 25.4. The summed E-state index contributed by atoms with van der Waals surface area (Å²) in [5.41, 5.74) is 0.637. The van der Waals surface area contributed by atoms with Gasteiger partial charge in [-0.25, -0.2) is 14.4 Å². The molecule has 0 unspecified atom stereocenters. The molecule has 2 bridgehead atoms. The average Bonchev–Trinajstić information content (AvgIpc) is 2.90. The van der Waals surface area contributed by atoms with E-state index in [0.29, 0.717) is 41.3 Å². The molecular weight excluding hydrogens is 510 g/mol.